The maximum absolute atomic E-state index is 11.6. The third-order valence-corrected chi connectivity index (χ3v) is 3.55. The summed E-state index contributed by atoms with van der Waals surface area (Å²) < 4.78 is 22.2. The summed E-state index contributed by atoms with van der Waals surface area (Å²) in [6.07, 6.45) is -1.89. The van der Waals surface area contributed by atoms with Gasteiger partial charge < -0.3 is 24.4 Å². The molecule has 0 radical (unpaired) electrons. The standard InChI is InChI=1S/C10H15N2O8P/c1-10(19-5-21(16,17)18)6(13)4-8(20-10)12-3-2-7(14)11-9(12)15/h2-3,6,8,13H,4-5H2,1H3,(H,11,14,15)(H2,16,17,18)/t6-,8+,10-/m0/s1. The van der Waals surface area contributed by atoms with Gasteiger partial charge in [0.25, 0.3) is 5.56 Å². The van der Waals surface area contributed by atoms with Crippen LogP contribution in [0.4, 0.5) is 0 Å². The molecule has 0 bridgehead atoms. The molecule has 1 aromatic rings. The first kappa shape index (κ1) is 16.1. The highest BCUT2D eigenvalue weighted by atomic mass is 31.2. The zero-order valence-electron chi connectivity index (χ0n) is 11.0. The maximum Gasteiger partial charge on any atom is 0.351 e. The summed E-state index contributed by atoms with van der Waals surface area (Å²) in [6.45, 7) is 1.31. The molecule has 3 atom stereocenters. The van der Waals surface area contributed by atoms with Gasteiger partial charge in [-0.2, -0.15) is 0 Å². The SMILES string of the molecule is C[C@]1(OCP(=O)(O)O)O[C@@H](n2ccc(=O)[nH]c2=O)C[C@@H]1O. The van der Waals surface area contributed by atoms with Crippen LogP contribution in [0.5, 0.6) is 0 Å². The molecule has 0 aromatic carbocycles. The lowest BCUT2D eigenvalue weighted by molar-refractivity contribution is -0.248. The van der Waals surface area contributed by atoms with Crippen LogP contribution in [0.2, 0.25) is 0 Å². The van der Waals surface area contributed by atoms with E-state index in [1.165, 1.54) is 13.1 Å². The van der Waals surface area contributed by atoms with Crippen molar-refractivity contribution >= 4 is 7.60 Å². The molecular formula is C10H15N2O8P. The normalized spacial score (nSPS) is 29.7. The van der Waals surface area contributed by atoms with Crippen LogP contribution in [-0.2, 0) is 14.0 Å². The Kier molecular flexibility index (Phi) is 4.20. The molecule has 21 heavy (non-hydrogen) atoms. The zero-order chi connectivity index (χ0) is 15.8. The average Bonchev–Trinajstić information content (AvgIpc) is 2.63. The van der Waals surface area contributed by atoms with Crippen molar-refractivity contribution in [3.63, 3.8) is 0 Å². The van der Waals surface area contributed by atoms with Crippen LogP contribution >= 0.6 is 7.60 Å². The smallest absolute Gasteiger partial charge is 0.351 e. The highest BCUT2D eigenvalue weighted by molar-refractivity contribution is 7.51. The maximum atomic E-state index is 11.6. The second-order valence-corrected chi connectivity index (χ2v) is 6.38. The molecule has 1 aromatic heterocycles. The largest absolute Gasteiger partial charge is 0.387 e. The lowest BCUT2D eigenvalue weighted by Gasteiger charge is -2.28. The molecule has 2 rings (SSSR count). The fourth-order valence-corrected chi connectivity index (χ4v) is 2.39. The lowest BCUT2D eigenvalue weighted by atomic mass is 10.1. The van der Waals surface area contributed by atoms with Gasteiger partial charge in [0.05, 0.1) is 0 Å². The first-order valence-corrected chi connectivity index (χ1v) is 7.76. The summed E-state index contributed by atoms with van der Waals surface area (Å²) in [7, 11) is -4.42. The van der Waals surface area contributed by atoms with Crippen molar-refractivity contribution in [2.24, 2.45) is 0 Å². The number of ether oxygens (including phenoxy) is 2. The van der Waals surface area contributed by atoms with E-state index in [0.717, 1.165) is 10.6 Å². The van der Waals surface area contributed by atoms with Gasteiger partial charge in [-0.1, -0.05) is 0 Å². The summed E-state index contributed by atoms with van der Waals surface area (Å²) >= 11 is 0. The molecule has 4 N–H and O–H groups in total. The van der Waals surface area contributed by atoms with Crippen LogP contribution < -0.4 is 11.2 Å². The van der Waals surface area contributed by atoms with Crippen molar-refractivity contribution in [2.75, 3.05) is 6.35 Å². The first-order valence-electron chi connectivity index (χ1n) is 5.97. The van der Waals surface area contributed by atoms with Crippen molar-refractivity contribution in [1.29, 1.82) is 0 Å². The Bertz CT molecular complexity index is 678. The predicted octanol–water partition coefficient (Wildman–Crippen LogP) is -1.32. The van der Waals surface area contributed by atoms with E-state index in [0.29, 0.717) is 0 Å². The van der Waals surface area contributed by atoms with Gasteiger partial charge >= 0.3 is 13.3 Å². The van der Waals surface area contributed by atoms with Crippen molar-refractivity contribution in [1.82, 2.24) is 9.55 Å². The molecule has 1 aliphatic heterocycles. The van der Waals surface area contributed by atoms with Gasteiger partial charge in [-0.3, -0.25) is 18.9 Å². The topological polar surface area (TPSA) is 151 Å². The van der Waals surface area contributed by atoms with Crippen LogP contribution in [0.25, 0.3) is 0 Å². The van der Waals surface area contributed by atoms with Crippen LogP contribution in [0.3, 0.4) is 0 Å². The second-order valence-electron chi connectivity index (χ2n) is 4.80. The summed E-state index contributed by atoms with van der Waals surface area (Å²) in [6, 6.07) is 1.11. The van der Waals surface area contributed by atoms with E-state index in [9.17, 15) is 19.3 Å². The van der Waals surface area contributed by atoms with Crippen molar-refractivity contribution in [3.05, 3.63) is 33.1 Å². The van der Waals surface area contributed by atoms with Gasteiger partial charge in [0.1, 0.15) is 12.3 Å². The molecule has 0 aliphatic carbocycles. The highest BCUT2D eigenvalue weighted by Crippen LogP contribution is 2.41. The van der Waals surface area contributed by atoms with E-state index in [1.54, 1.807) is 0 Å². The van der Waals surface area contributed by atoms with E-state index in [2.05, 4.69) is 0 Å². The number of nitrogens with zero attached hydrogens (tertiary/aromatic N) is 1. The van der Waals surface area contributed by atoms with Crippen LogP contribution in [0.1, 0.15) is 19.6 Å². The molecule has 0 spiro atoms. The monoisotopic (exact) mass is 322 g/mol. The lowest BCUT2D eigenvalue weighted by Crippen LogP contribution is -2.39. The highest BCUT2D eigenvalue weighted by Gasteiger charge is 2.47. The number of hydrogen-bond acceptors (Lipinski definition) is 6. The van der Waals surface area contributed by atoms with Gasteiger partial charge in [-0.15, -0.1) is 0 Å². The average molecular weight is 322 g/mol. The molecule has 1 saturated heterocycles. The number of nitrogens with one attached hydrogen (secondary N) is 1. The number of aromatic nitrogens is 2. The molecule has 1 fully saturated rings. The van der Waals surface area contributed by atoms with Gasteiger partial charge in [-0.05, 0) is 6.92 Å². The number of aliphatic hydroxyl groups is 1. The third-order valence-electron chi connectivity index (χ3n) is 3.08. The summed E-state index contributed by atoms with van der Waals surface area (Å²) in [5.74, 6) is -1.67. The van der Waals surface area contributed by atoms with Crippen molar-refractivity contribution < 1.29 is 28.9 Å². The van der Waals surface area contributed by atoms with Gasteiger partial charge in [0.15, 0.2) is 12.1 Å². The summed E-state index contributed by atoms with van der Waals surface area (Å²) in [4.78, 5) is 42.3. The fraction of sp³-hybridized carbons (Fsp3) is 0.600. The number of H-pyrrole nitrogens is 1. The van der Waals surface area contributed by atoms with Gasteiger partial charge in [0.2, 0.25) is 0 Å². The Morgan fingerprint density at radius 3 is 2.81 bits per heavy atom. The molecular weight excluding hydrogens is 307 g/mol. The Hall–Kier alpha value is -1.29. The minimum Gasteiger partial charge on any atom is -0.387 e. The van der Waals surface area contributed by atoms with Crippen LogP contribution in [0, 0.1) is 0 Å². The second kappa shape index (κ2) is 5.48. The third kappa shape index (κ3) is 3.67. The molecule has 11 heteroatoms. The number of rotatable bonds is 4. The molecule has 0 unspecified atom stereocenters. The van der Waals surface area contributed by atoms with Crippen molar-refractivity contribution in [3.8, 4) is 0 Å². The molecule has 118 valence electrons. The minimum atomic E-state index is -4.42. The first-order chi connectivity index (χ1) is 9.61. The van der Waals surface area contributed by atoms with E-state index in [1.807, 2.05) is 4.98 Å². The Balaban J connectivity index is 2.18. The van der Waals surface area contributed by atoms with E-state index >= 15 is 0 Å². The van der Waals surface area contributed by atoms with Crippen molar-refractivity contribution in [2.45, 2.75) is 31.5 Å². The van der Waals surface area contributed by atoms with Crippen LogP contribution in [-0.4, -0.2) is 42.7 Å². The van der Waals surface area contributed by atoms with Gasteiger partial charge in [0, 0.05) is 18.7 Å². The van der Waals surface area contributed by atoms with Gasteiger partial charge in [-0.25, -0.2) is 4.79 Å². The predicted molar refractivity (Wildman–Crippen MR) is 68.5 cm³/mol. The number of aliphatic hydroxyl groups excluding tert-OH is 1. The Morgan fingerprint density at radius 1 is 1.57 bits per heavy atom. The van der Waals surface area contributed by atoms with E-state index in [-0.39, 0.29) is 6.42 Å². The quantitative estimate of drug-likeness (QED) is 0.498. The zero-order valence-corrected chi connectivity index (χ0v) is 11.9. The number of aromatic amines is 1. The summed E-state index contributed by atoms with van der Waals surface area (Å²) in [5.41, 5.74) is -1.30. The molecule has 0 amide bonds. The Morgan fingerprint density at radius 2 is 2.24 bits per heavy atom. The molecule has 2 heterocycles. The summed E-state index contributed by atoms with van der Waals surface area (Å²) in [5, 5.41) is 9.93. The molecule has 10 nitrogen and oxygen atoms in total. The Labute approximate surface area is 118 Å². The molecule has 1 aliphatic rings. The van der Waals surface area contributed by atoms with Crippen LogP contribution in [0.15, 0.2) is 21.9 Å². The van der Waals surface area contributed by atoms with E-state index in [4.69, 9.17) is 19.3 Å². The fourth-order valence-electron chi connectivity index (χ4n) is 1.97. The minimum absolute atomic E-state index is 0.0381. The van der Waals surface area contributed by atoms with E-state index < -0.39 is 43.3 Å². The molecule has 0 saturated carbocycles. The number of hydrogen-bond donors (Lipinski definition) is 4.